The molecule has 1 atom stereocenters. The number of nitrogens with one attached hydrogen (secondary N) is 2. The molecule has 0 saturated carbocycles. The highest BCUT2D eigenvalue weighted by molar-refractivity contribution is 9.10. The van der Waals surface area contributed by atoms with Crippen molar-refractivity contribution in [1.82, 2.24) is 15.3 Å². The molecule has 6 heteroatoms. The van der Waals surface area contributed by atoms with Crippen LogP contribution in [0.25, 0.3) is 22.0 Å². The predicted octanol–water partition coefficient (Wildman–Crippen LogP) is 7.15. The zero-order valence-corrected chi connectivity index (χ0v) is 19.6. The lowest BCUT2D eigenvalue weighted by molar-refractivity contribution is 0.134. The van der Waals surface area contributed by atoms with E-state index in [1.54, 1.807) is 0 Å². The molecule has 0 spiro atoms. The normalized spacial score (nSPS) is 11.9. The van der Waals surface area contributed by atoms with E-state index < -0.39 is 6.09 Å². The SMILES string of the molecule is CCCC[C@H](NC(=O)OCc1ccccc1)c1ncc(-c2ccc3cc(Br)ccc3c2)[nH]1. The average molecular weight is 492 g/mol. The number of halogens is 1. The third-order valence-corrected chi connectivity index (χ3v) is 5.88. The van der Waals surface area contributed by atoms with Gasteiger partial charge in [0.15, 0.2) is 0 Å². The lowest BCUT2D eigenvalue weighted by atomic mass is 10.1. The summed E-state index contributed by atoms with van der Waals surface area (Å²) in [6.07, 6.45) is 4.18. The summed E-state index contributed by atoms with van der Waals surface area (Å²) in [5, 5.41) is 5.31. The number of aromatic amines is 1. The Balaban J connectivity index is 1.48. The Morgan fingerprint density at radius 1 is 1.09 bits per heavy atom. The van der Waals surface area contributed by atoms with Crippen LogP contribution < -0.4 is 5.32 Å². The Morgan fingerprint density at radius 2 is 1.88 bits per heavy atom. The van der Waals surface area contributed by atoms with Gasteiger partial charge in [0.25, 0.3) is 0 Å². The van der Waals surface area contributed by atoms with E-state index in [0.29, 0.717) is 0 Å². The maximum Gasteiger partial charge on any atom is 0.408 e. The Morgan fingerprint density at radius 3 is 2.69 bits per heavy atom. The van der Waals surface area contributed by atoms with Crippen molar-refractivity contribution in [3.63, 3.8) is 0 Å². The van der Waals surface area contributed by atoms with Crippen LogP contribution in [0.1, 0.15) is 43.6 Å². The van der Waals surface area contributed by atoms with Crippen molar-refractivity contribution in [2.45, 2.75) is 38.8 Å². The first-order valence-corrected chi connectivity index (χ1v) is 11.6. The smallest absolute Gasteiger partial charge is 0.408 e. The van der Waals surface area contributed by atoms with Crippen molar-refractivity contribution in [1.29, 1.82) is 0 Å². The van der Waals surface area contributed by atoms with Crippen molar-refractivity contribution < 1.29 is 9.53 Å². The van der Waals surface area contributed by atoms with E-state index in [2.05, 4.69) is 68.5 Å². The maximum atomic E-state index is 12.4. The van der Waals surface area contributed by atoms with Crippen molar-refractivity contribution in [3.8, 4) is 11.3 Å². The molecular weight excluding hydrogens is 466 g/mol. The maximum absolute atomic E-state index is 12.4. The number of aromatic nitrogens is 2. The van der Waals surface area contributed by atoms with Crippen molar-refractivity contribution in [2.75, 3.05) is 0 Å². The van der Waals surface area contributed by atoms with Crippen LogP contribution in [0, 0.1) is 0 Å². The molecule has 1 aromatic heterocycles. The Labute approximate surface area is 196 Å². The third kappa shape index (κ3) is 5.56. The van der Waals surface area contributed by atoms with E-state index in [1.165, 1.54) is 5.39 Å². The first-order chi connectivity index (χ1) is 15.6. The highest BCUT2D eigenvalue weighted by atomic mass is 79.9. The monoisotopic (exact) mass is 491 g/mol. The van der Waals surface area contributed by atoms with Gasteiger partial charge < -0.3 is 15.0 Å². The van der Waals surface area contributed by atoms with Gasteiger partial charge in [-0.3, -0.25) is 0 Å². The zero-order valence-electron chi connectivity index (χ0n) is 18.0. The molecule has 0 saturated heterocycles. The fourth-order valence-electron chi connectivity index (χ4n) is 3.64. The van der Waals surface area contributed by atoms with Crippen LogP contribution in [0.2, 0.25) is 0 Å². The predicted molar refractivity (Wildman–Crippen MR) is 131 cm³/mol. The fourth-order valence-corrected chi connectivity index (χ4v) is 4.02. The minimum absolute atomic E-state index is 0.233. The van der Waals surface area contributed by atoms with Gasteiger partial charge in [-0.15, -0.1) is 0 Å². The Hall–Kier alpha value is -3.12. The van der Waals surface area contributed by atoms with Crippen LogP contribution in [0.3, 0.4) is 0 Å². The highest BCUT2D eigenvalue weighted by Crippen LogP contribution is 2.27. The summed E-state index contributed by atoms with van der Waals surface area (Å²) in [7, 11) is 0. The molecular formula is C26H26BrN3O2. The van der Waals surface area contributed by atoms with Crippen molar-refractivity contribution in [2.24, 2.45) is 0 Å². The van der Waals surface area contributed by atoms with E-state index in [9.17, 15) is 4.79 Å². The third-order valence-electron chi connectivity index (χ3n) is 5.39. The molecule has 4 aromatic rings. The summed E-state index contributed by atoms with van der Waals surface area (Å²) in [5.74, 6) is 0.737. The molecule has 0 aliphatic rings. The fraction of sp³-hybridized carbons (Fsp3) is 0.231. The molecule has 3 aromatic carbocycles. The number of carbonyl (C=O) groups excluding carboxylic acids is 1. The second-order valence-corrected chi connectivity index (χ2v) is 8.70. The van der Waals surface area contributed by atoms with Gasteiger partial charge in [0.2, 0.25) is 0 Å². The molecule has 0 fully saturated rings. The van der Waals surface area contributed by atoms with Crippen LogP contribution in [0.4, 0.5) is 4.79 Å². The van der Waals surface area contributed by atoms with Gasteiger partial charge in [-0.25, -0.2) is 9.78 Å². The summed E-state index contributed by atoms with van der Waals surface area (Å²) in [6, 6.07) is 22.0. The van der Waals surface area contributed by atoms with E-state index in [1.807, 2.05) is 42.6 Å². The number of amides is 1. The molecule has 5 nitrogen and oxygen atoms in total. The summed E-state index contributed by atoms with van der Waals surface area (Å²) < 4.78 is 6.47. The van der Waals surface area contributed by atoms with Crippen LogP contribution in [0.5, 0.6) is 0 Å². The number of imidazole rings is 1. The largest absolute Gasteiger partial charge is 0.445 e. The molecule has 0 radical (unpaired) electrons. The van der Waals surface area contributed by atoms with E-state index >= 15 is 0 Å². The minimum atomic E-state index is -0.441. The molecule has 1 heterocycles. The molecule has 0 aliphatic heterocycles. The van der Waals surface area contributed by atoms with Gasteiger partial charge in [-0.05, 0) is 41.0 Å². The van der Waals surface area contributed by atoms with Crippen LogP contribution in [-0.2, 0) is 11.3 Å². The molecule has 32 heavy (non-hydrogen) atoms. The molecule has 2 N–H and O–H groups in total. The van der Waals surface area contributed by atoms with Crippen molar-refractivity contribution >= 4 is 32.8 Å². The van der Waals surface area contributed by atoms with Gasteiger partial charge in [0, 0.05) is 10.0 Å². The number of H-pyrrole nitrogens is 1. The van der Waals surface area contributed by atoms with Crippen LogP contribution >= 0.6 is 15.9 Å². The standard InChI is InChI=1S/C26H26BrN3O2/c1-2-3-9-23(30-26(31)32-17-18-7-5-4-6-8-18)25-28-16-24(29-25)21-11-10-20-15-22(27)13-12-19(20)14-21/h4-8,10-16,23H,2-3,9,17H2,1H3,(H,28,29)(H,30,31)/t23-/m0/s1. The number of unbranched alkanes of at least 4 members (excludes halogenated alkanes) is 1. The summed E-state index contributed by atoms with van der Waals surface area (Å²) in [4.78, 5) is 20.4. The van der Waals surface area contributed by atoms with Gasteiger partial charge in [0.05, 0.1) is 17.9 Å². The summed E-state index contributed by atoms with van der Waals surface area (Å²) in [6.45, 7) is 2.37. The van der Waals surface area contributed by atoms with E-state index in [4.69, 9.17) is 4.74 Å². The average Bonchev–Trinajstić information content (AvgIpc) is 3.31. The van der Waals surface area contributed by atoms with Crippen molar-refractivity contribution in [3.05, 3.63) is 88.8 Å². The second kappa shape index (κ2) is 10.5. The number of fused-ring (bicyclic) bond motifs is 1. The molecule has 0 unspecified atom stereocenters. The number of nitrogens with zero attached hydrogens (tertiary/aromatic N) is 1. The lowest BCUT2D eigenvalue weighted by Gasteiger charge is -2.16. The summed E-state index contributed by atoms with van der Waals surface area (Å²) in [5.41, 5.74) is 2.93. The van der Waals surface area contributed by atoms with E-state index in [0.717, 1.165) is 51.8 Å². The van der Waals surface area contributed by atoms with Crippen LogP contribution in [-0.4, -0.2) is 16.1 Å². The number of alkyl carbamates (subject to hydrolysis) is 1. The highest BCUT2D eigenvalue weighted by Gasteiger charge is 2.19. The number of ether oxygens (including phenoxy) is 1. The number of benzene rings is 3. The second-order valence-electron chi connectivity index (χ2n) is 7.79. The Bertz CT molecular complexity index is 1190. The minimum Gasteiger partial charge on any atom is -0.445 e. The molecule has 1 amide bonds. The number of hydrogen-bond donors (Lipinski definition) is 2. The van der Waals surface area contributed by atoms with Gasteiger partial charge in [-0.1, -0.05) is 84.2 Å². The molecule has 0 aliphatic carbocycles. The van der Waals surface area contributed by atoms with Gasteiger partial charge in [-0.2, -0.15) is 0 Å². The first kappa shape index (κ1) is 22.1. The quantitative estimate of drug-likeness (QED) is 0.275. The zero-order chi connectivity index (χ0) is 22.3. The van der Waals surface area contributed by atoms with Crippen LogP contribution in [0.15, 0.2) is 77.4 Å². The summed E-state index contributed by atoms with van der Waals surface area (Å²) >= 11 is 3.52. The van der Waals surface area contributed by atoms with Gasteiger partial charge in [0.1, 0.15) is 12.4 Å². The first-order valence-electron chi connectivity index (χ1n) is 10.8. The lowest BCUT2D eigenvalue weighted by Crippen LogP contribution is -2.29. The topological polar surface area (TPSA) is 67.0 Å². The number of rotatable bonds is 8. The Kier molecular flexibility index (Phi) is 7.22. The van der Waals surface area contributed by atoms with E-state index in [-0.39, 0.29) is 12.6 Å². The number of hydrogen-bond acceptors (Lipinski definition) is 3. The van der Waals surface area contributed by atoms with Gasteiger partial charge >= 0.3 is 6.09 Å². The number of carbonyl (C=O) groups is 1. The molecule has 164 valence electrons. The molecule has 4 rings (SSSR count). The molecule has 0 bridgehead atoms.